The van der Waals surface area contributed by atoms with Crippen LogP contribution >= 0.6 is 0 Å². The number of nitrogens with zero attached hydrogens (tertiary/aromatic N) is 1. The normalized spacial score (nSPS) is 13.0. The highest BCUT2D eigenvalue weighted by Crippen LogP contribution is 2.21. The first-order valence-electron chi connectivity index (χ1n) is 6.77. The van der Waals surface area contributed by atoms with Gasteiger partial charge in [0.05, 0.1) is 12.2 Å². The van der Waals surface area contributed by atoms with E-state index in [2.05, 4.69) is 25.2 Å². The van der Waals surface area contributed by atoms with Crippen molar-refractivity contribution in [2.24, 2.45) is 5.41 Å². The van der Waals surface area contributed by atoms with E-state index in [1.165, 1.54) is 0 Å². The summed E-state index contributed by atoms with van der Waals surface area (Å²) in [5.41, 5.74) is 2.19. The van der Waals surface area contributed by atoms with E-state index >= 15 is 0 Å². The van der Waals surface area contributed by atoms with Crippen molar-refractivity contribution in [3.63, 3.8) is 0 Å². The zero-order valence-corrected chi connectivity index (χ0v) is 12.1. The molecule has 0 fully saturated rings. The molecule has 3 heteroatoms. The summed E-state index contributed by atoms with van der Waals surface area (Å²) in [5, 5.41) is 22.0. The Labute approximate surface area is 116 Å². The van der Waals surface area contributed by atoms with Crippen molar-refractivity contribution in [1.82, 2.24) is 5.32 Å². The van der Waals surface area contributed by atoms with E-state index in [0.717, 1.165) is 24.1 Å². The molecule has 0 amide bonds. The maximum Gasteiger partial charge on any atom is 0.0914 e. The number of hydrogen-bond acceptors (Lipinski definition) is 3. The lowest BCUT2D eigenvalue weighted by molar-refractivity contribution is 0.167. The zero-order chi connectivity index (χ0) is 14.3. The standard InChI is InChI=1S/C16H24N2O/c1-13-6-4-7-14(10-13)15(19)11-18-12-16(2,3)8-5-9-17/h4,6-7,10,15,18-19H,5,8,11-12H2,1-3H3. The molecule has 0 aliphatic carbocycles. The summed E-state index contributed by atoms with van der Waals surface area (Å²) in [4.78, 5) is 0. The van der Waals surface area contributed by atoms with Crippen LogP contribution in [0.5, 0.6) is 0 Å². The number of nitriles is 1. The first kappa shape index (κ1) is 15.7. The van der Waals surface area contributed by atoms with E-state index in [1.807, 2.05) is 31.2 Å². The third-order valence-electron chi connectivity index (χ3n) is 3.28. The molecule has 1 atom stereocenters. The Kier molecular flexibility index (Phi) is 6.01. The Bertz CT molecular complexity index is 435. The van der Waals surface area contributed by atoms with Gasteiger partial charge in [-0.2, -0.15) is 5.26 Å². The minimum Gasteiger partial charge on any atom is -0.387 e. The first-order valence-corrected chi connectivity index (χ1v) is 6.77. The Morgan fingerprint density at radius 1 is 1.42 bits per heavy atom. The van der Waals surface area contributed by atoms with Crippen LogP contribution in [-0.4, -0.2) is 18.2 Å². The molecule has 0 spiro atoms. The van der Waals surface area contributed by atoms with Gasteiger partial charge in [0.15, 0.2) is 0 Å². The van der Waals surface area contributed by atoms with E-state index in [-0.39, 0.29) is 5.41 Å². The minimum absolute atomic E-state index is 0.0854. The molecule has 0 heterocycles. The third kappa shape index (κ3) is 5.87. The van der Waals surface area contributed by atoms with E-state index in [9.17, 15) is 5.11 Å². The van der Waals surface area contributed by atoms with Gasteiger partial charge in [0.2, 0.25) is 0 Å². The van der Waals surface area contributed by atoms with Crippen LogP contribution in [0.2, 0.25) is 0 Å². The lowest BCUT2D eigenvalue weighted by atomic mass is 9.88. The smallest absolute Gasteiger partial charge is 0.0914 e. The monoisotopic (exact) mass is 260 g/mol. The Morgan fingerprint density at radius 2 is 2.16 bits per heavy atom. The van der Waals surface area contributed by atoms with Crippen LogP contribution in [0.25, 0.3) is 0 Å². The predicted molar refractivity (Wildman–Crippen MR) is 77.6 cm³/mol. The van der Waals surface area contributed by atoms with Gasteiger partial charge in [-0.3, -0.25) is 0 Å². The summed E-state index contributed by atoms with van der Waals surface area (Å²) in [6, 6.07) is 10.1. The zero-order valence-electron chi connectivity index (χ0n) is 12.1. The molecule has 1 aromatic carbocycles. The van der Waals surface area contributed by atoms with Crippen LogP contribution in [-0.2, 0) is 0 Å². The van der Waals surface area contributed by atoms with Crippen molar-refractivity contribution in [3.8, 4) is 6.07 Å². The Hall–Kier alpha value is -1.37. The number of aryl methyl sites for hydroxylation is 1. The number of aliphatic hydroxyl groups is 1. The highest BCUT2D eigenvalue weighted by atomic mass is 16.3. The summed E-state index contributed by atoms with van der Waals surface area (Å²) >= 11 is 0. The van der Waals surface area contributed by atoms with Crippen molar-refractivity contribution in [1.29, 1.82) is 5.26 Å². The molecule has 1 rings (SSSR count). The van der Waals surface area contributed by atoms with Crippen LogP contribution in [0.1, 0.15) is 43.9 Å². The first-order chi connectivity index (χ1) is 8.94. The van der Waals surface area contributed by atoms with Gasteiger partial charge in [-0.1, -0.05) is 43.7 Å². The van der Waals surface area contributed by atoms with E-state index < -0.39 is 6.10 Å². The van der Waals surface area contributed by atoms with E-state index in [1.54, 1.807) is 0 Å². The molecule has 104 valence electrons. The van der Waals surface area contributed by atoms with Crippen LogP contribution < -0.4 is 5.32 Å². The summed E-state index contributed by atoms with van der Waals surface area (Å²) in [7, 11) is 0. The fourth-order valence-corrected chi connectivity index (χ4v) is 2.03. The summed E-state index contributed by atoms with van der Waals surface area (Å²) < 4.78 is 0. The van der Waals surface area contributed by atoms with Gasteiger partial charge >= 0.3 is 0 Å². The van der Waals surface area contributed by atoms with Crippen molar-refractivity contribution in [2.75, 3.05) is 13.1 Å². The van der Waals surface area contributed by atoms with Gasteiger partial charge in [0.1, 0.15) is 0 Å². The van der Waals surface area contributed by atoms with Gasteiger partial charge in [-0.05, 0) is 24.3 Å². The van der Waals surface area contributed by atoms with Crippen LogP contribution in [0.15, 0.2) is 24.3 Å². The quantitative estimate of drug-likeness (QED) is 0.792. The lowest BCUT2D eigenvalue weighted by Gasteiger charge is -2.24. The molecule has 0 saturated carbocycles. The van der Waals surface area contributed by atoms with Crippen LogP contribution in [0.3, 0.4) is 0 Å². The van der Waals surface area contributed by atoms with Crippen molar-refractivity contribution >= 4 is 0 Å². The van der Waals surface area contributed by atoms with Crippen LogP contribution in [0.4, 0.5) is 0 Å². The number of rotatable bonds is 7. The second-order valence-electron chi connectivity index (χ2n) is 5.88. The molecule has 0 radical (unpaired) electrons. The average Bonchev–Trinajstić information content (AvgIpc) is 2.36. The van der Waals surface area contributed by atoms with Gasteiger partial charge in [-0.25, -0.2) is 0 Å². The van der Waals surface area contributed by atoms with E-state index in [4.69, 9.17) is 5.26 Å². The molecule has 19 heavy (non-hydrogen) atoms. The largest absolute Gasteiger partial charge is 0.387 e. The van der Waals surface area contributed by atoms with Crippen LogP contribution in [0, 0.1) is 23.7 Å². The second-order valence-corrected chi connectivity index (χ2v) is 5.88. The summed E-state index contributed by atoms with van der Waals surface area (Å²) in [5.74, 6) is 0. The highest BCUT2D eigenvalue weighted by Gasteiger charge is 2.17. The van der Waals surface area contributed by atoms with Crippen molar-refractivity contribution in [2.45, 2.75) is 39.7 Å². The Balaban J connectivity index is 2.39. The summed E-state index contributed by atoms with van der Waals surface area (Å²) in [6.07, 6.45) is 0.971. The number of hydrogen-bond donors (Lipinski definition) is 2. The molecule has 0 aromatic heterocycles. The fraction of sp³-hybridized carbons (Fsp3) is 0.562. The lowest BCUT2D eigenvalue weighted by Crippen LogP contribution is -2.32. The second kappa shape index (κ2) is 7.28. The maximum atomic E-state index is 10.1. The molecule has 0 aliphatic heterocycles. The SMILES string of the molecule is Cc1cccc(C(O)CNCC(C)(C)CCC#N)c1. The molecule has 1 unspecified atom stereocenters. The molecule has 0 bridgehead atoms. The van der Waals surface area contributed by atoms with Gasteiger partial charge in [0.25, 0.3) is 0 Å². The maximum absolute atomic E-state index is 10.1. The van der Waals surface area contributed by atoms with Gasteiger partial charge in [0, 0.05) is 19.5 Å². The number of aliphatic hydroxyl groups excluding tert-OH is 1. The predicted octanol–water partition coefficient (Wildman–Crippen LogP) is 2.95. The highest BCUT2D eigenvalue weighted by molar-refractivity contribution is 5.24. The number of nitrogens with one attached hydrogen (secondary N) is 1. The molecule has 0 aliphatic rings. The topological polar surface area (TPSA) is 56.0 Å². The molecule has 1 aromatic rings. The Morgan fingerprint density at radius 3 is 2.79 bits per heavy atom. The molecule has 0 saturated heterocycles. The van der Waals surface area contributed by atoms with Gasteiger partial charge in [-0.15, -0.1) is 0 Å². The molecular formula is C16H24N2O. The minimum atomic E-state index is -0.480. The number of benzene rings is 1. The van der Waals surface area contributed by atoms with Gasteiger partial charge < -0.3 is 10.4 Å². The summed E-state index contributed by atoms with van der Waals surface area (Å²) in [6.45, 7) is 7.64. The molecular weight excluding hydrogens is 236 g/mol. The average molecular weight is 260 g/mol. The van der Waals surface area contributed by atoms with Crippen molar-refractivity contribution < 1.29 is 5.11 Å². The molecule has 3 nitrogen and oxygen atoms in total. The molecule has 2 N–H and O–H groups in total. The van der Waals surface area contributed by atoms with E-state index in [0.29, 0.717) is 13.0 Å². The fourth-order valence-electron chi connectivity index (χ4n) is 2.03. The van der Waals surface area contributed by atoms with Crippen molar-refractivity contribution in [3.05, 3.63) is 35.4 Å². The third-order valence-corrected chi connectivity index (χ3v) is 3.28.